The van der Waals surface area contributed by atoms with Crippen LogP contribution in [0.2, 0.25) is 0 Å². The van der Waals surface area contributed by atoms with Crippen molar-refractivity contribution < 1.29 is 77.6 Å². The van der Waals surface area contributed by atoms with E-state index in [0.717, 1.165) is 9.80 Å². The molecule has 1 unspecified atom stereocenters. The number of likely N-dealkylation sites (N-methyl/N-ethyl adjacent to an activating group) is 2. The van der Waals surface area contributed by atoms with Gasteiger partial charge in [0.05, 0.1) is 50.5 Å². The molecule has 1 saturated carbocycles. The van der Waals surface area contributed by atoms with E-state index in [1.54, 1.807) is 96.2 Å². The normalized spacial score (nSPS) is 31.4. The molecule has 1 aliphatic carbocycles. The van der Waals surface area contributed by atoms with Gasteiger partial charge in [0.25, 0.3) is 5.91 Å². The summed E-state index contributed by atoms with van der Waals surface area (Å²) in [5, 5.41) is 59.2. The fourth-order valence-corrected chi connectivity index (χ4v) is 8.35. The van der Waals surface area contributed by atoms with Gasteiger partial charge in [0.2, 0.25) is 0 Å². The van der Waals surface area contributed by atoms with Crippen molar-refractivity contribution in [2.45, 2.75) is 191 Å². The standard InChI is InChI=1S/C44H76N6O16/c1-39(2,3)63-35(54)47-24-17-16-23(19-45-14)61-30(24)27-25(48-36(55)64-40(4,5)6)18-26(46-34(53)44(59)20-50(21-44)38(57)66-42(10,11)12)31(28(27)51)62-33-29(52)32(43(13,58)22-60-33)49(15)37(56)65-41(7,8)9/h16,24-33,45,51-52,58-59H,17-22H2,1-15H3,(H,46,53)(H,47,54)(H,48,55)/t24-,25+,26-,27?,28+,29-,30+,31+,32-,33-,43+/m1/s1. The predicted octanol–water partition coefficient (Wildman–Crippen LogP) is 1.60. The van der Waals surface area contributed by atoms with Crippen LogP contribution >= 0.6 is 0 Å². The van der Waals surface area contributed by atoms with E-state index in [4.69, 9.17) is 33.2 Å². The van der Waals surface area contributed by atoms with E-state index in [1.807, 2.05) is 0 Å². The number of carbonyl (C=O) groups excluding carboxylic acids is 5. The molecule has 0 bridgehead atoms. The fourth-order valence-electron chi connectivity index (χ4n) is 8.35. The van der Waals surface area contributed by atoms with Crippen LogP contribution in [0.4, 0.5) is 19.2 Å². The molecule has 22 nitrogen and oxygen atoms in total. The third-order valence-electron chi connectivity index (χ3n) is 11.0. The Hall–Kier alpha value is -4.19. The Morgan fingerprint density at radius 2 is 1.32 bits per heavy atom. The number of rotatable bonds is 10. The second kappa shape index (κ2) is 20.2. The van der Waals surface area contributed by atoms with Crippen molar-refractivity contribution in [3.05, 3.63) is 11.8 Å². The van der Waals surface area contributed by atoms with Crippen molar-refractivity contribution in [3.63, 3.8) is 0 Å². The van der Waals surface area contributed by atoms with Gasteiger partial charge in [-0.3, -0.25) is 4.79 Å². The molecule has 378 valence electrons. The minimum absolute atomic E-state index is 0.189. The Morgan fingerprint density at radius 3 is 1.83 bits per heavy atom. The molecule has 4 aliphatic rings. The number of likely N-dealkylation sites (tertiary alicyclic amines) is 1. The fraction of sp³-hybridized carbons (Fsp3) is 0.841. The number of carbonyl (C=O) groups is 5. The second-order valence-electron chi connectivity index (χ2n) is 21.9. The summed E-state index contributed by atoms with van der Waals surface area (Å²) in [5.74, 6) is -1.71. The van der Waals surface area contributed by atoms with Crippen LogP contribution in [0.1, 0.15) is 103 Å². The lowest BCUT2D eigenvalue weighted by atomic mass is 9.72. The van der Waals surface area contributed by atoms with Gasteiger partial charge in [-0.2, -0.15) is 0 Å². The van der Waals surface area contributed by atoms with E-state index < -0.39 is 144 Å². The number of aliphatic hydroxyl groups excluding tert-OH is 2. The van der Waals surface area contributed by atoms with Crippen LogP contribution in [0.5, 0.6) is 0 Å². The second-order valence-corrected chi connectivity index (χ2v) is 21.9. The summed E-state index contributed by atoms with van der Waals surface area (Å²) in [5.41, 5.74) is -7.62. The number of hydrogen-bond donors (Lipinski definition) is 8. The highest BCUT2D eigenvalue weighted by molar-refractivity contribution is 5.89. The maximum atomic E-state index is 14.1. The zero-order valence-corrected chi connectivity index (χ0v) is 41.2. The van der Waals surface area contributed by atoms with Crippen LogP contribution in [-0.4, -0.2) is 189 Å². The number of β-amino-alcohol motifs (C(OH)–C–C–N with tert-alkyl or cyclic N) is 1. The highest BCUT2D eigenvalue weighted by Crippen LogP contribution is 2.39. The van der Waals surface area contributed by atoms with Gasteiger partial charge in [0, 0.05) is 19.0 Å². The maximum Gasteiger partial charge on any atom is 0.410 e. The molecule has 3 aliphatic heterocycles. The van der Waals surface area contributed by atoms with E-state index in [9.17, 15) is 44.4 Å². The van der Waals surface area contributed by atoms with Crippen LogP contribution < -0.4 is 21.3 Å². The number of amides is 5. The molecule has 5 amide bonds. The van der Waals surface area contributed by atoms with Crippen LogP contribution in [0.15, 0.2) is 11.8 Å². The summed E-state index contributed by atoms with van der Waals surface area (Å²) in [6.45, 7) is 20.3. The third-order valence-corrected chi connectivity index (χ3v) is 11.0. The molecule has 66 heavy (non-hydrogen) atoms. The quantitative estimate of drug-likeness (QED) is 0.144. The van der Waals surface area contributed by atoms with Gasteiger partial charge in [-0.15, -0.1) is 0 Å². The van der Waals surface area contributed by atoms with Gasteiger partial charge in [-0.1, -0.05) is 0 Å². The average Bonchev–Trinajstić information content (AvgIpc) is 3.10. The van der Waals surface area contributed by atoms with Crippen LogP contribution in [0.25, 0.3) is 0 Å². The first-order valence-corrected chi connectivity index (χ1v) is 22.3. The average molecular weight is 945 g/mol. The van der Waals surface area contributed by atoms with Crippen molar-refractivity contribution in [1.82, 2.24) is 31.1 Å². The molecule has 3 heterocycles. The van der Waals surface area contributed by atoms with Gasteiger partial charge in [0.1, 0.15) is 52.1 Å². The summed E-state index contributed by atoms with van der Waals surface area (Å²) >= 11 is 0. The van der Waals surface area contributed by atoms with E-state index >= 15 is 0 Å². The van der Waals surface area contributed by atoms with Crippen molar-refractivity contribution in [2.24, 2.45) is 5.92 Å². The molecular weight excluding hydrogens is 869 g/mol. The van der Waals surface area contributed by atoms with Crippen molar-refractivity contribution in [3.8, 4) is 0 Å². The molecule has 0 aromatic rings. The molecule has 22 heteroatoms. The number of ether oxygens (including phenoxy) is 7. The lowest BCUT2D eigenvalue weighted by Gasteiger charge is -2.52. The van der Waals surface area contributed by atoms with Crippen molar-refractivity contribution >= 4 is 30.3 Å². The Balaban J connectivity index is 1.80. The smallest absolute Gasteiger partial charge is 0.410 e. The Bertz CT molecular complexity index is 1780. The van der Waals surface area contributed by atoms with Crippen molar-refractivity contribution in [2.75, 3.05) is 40.3 Å². The van der Waals surface area contributed by atoms with Crippen LogP contribution in [-0.2, 0) is 38.0 Å². The molecule has 0 spiro atoms. The molecule has 3 fully saturated rings. The summed E-state index contributed by atoms with van der Waals surface area (Å²) in [6, 6.07) is -4.72. The number of alkyl carbamates (subject to hydrolysis) is 2. The molecule has 2 saturated heterocycles. The Morgan fingerprint density at radius 1 is 0.788 bits per heavy atom. The molecule has 0 aromatic carbocycles. The SMILES string of the molecule is CNCC1=CC[C@@H](NC(=O)OC(C)(C)C)[C@@H](C2[C@@H](NC(=O)OC(C)(C)C)C[C@@H](NC(=O)C3(O)CN(C(=O)OC(C)(C)C)C3)[C@H](O[C@H]3OC[C@](C)(O)[C@H](N(C)C(=O)OC(C)(C)C)[C@H]3O)[C@H]2O)O1. The van der Waals surface area contributed by atoms with Crippen LogP contribution in [0.3, 0.4) is 0 Å². The summed E-state index contributed by atoms with van der Waals surface area (Å²) in [7, 11) is 3.03. The first kappa shape index (κ1) is 54.4. The zero-order chi connectivity index (χ0) is 50.1. The van der Waals surface area contributed by atoms with E-state index in [-0.39, 0.29) is 19.4 Å². The van der Waals surface area contributed by atoms with E-state index in [0.29, 0.717) is 5.76 Å². The molecule has 0 aromatic heterocycles. The Kier molecular flexibility index (Phi) is 16.6. The minimum Gasteiger partial charge on any atom is -0.491 e. The van der Waals surface area contributed by atoms with E-state index in [1.165, 1.54) is 14.0 Å². The van der Waals surface area contributed by atoms with Gasteiger partial charge < -0.3 is 84.7 Å². The zero-order valence-electron chi connectivity index (χ0n) is 41.2. The Labute approximate surface area is 387 Å². The first-order valence-electron chi connectivity index (χ1n) is 22.3. The number of nitrogens with one attached hydrogen (secondary N) is 4. The molecule has 8 N–H and O–H groups in total. The lowest BCUT2D eigenvalue weighted by Crippen LogP contribution is -2.74. The highest BCUT2D eigenvalue weighted by Gasteiger charge is 2.58. The topological polar surface area (TPSA) is 285 Å². The van der Waals surface area contributed by atoms with Gasteiger partial charge in [-0.05, 0) is 116 Å². The van der Waals surface area contributed by atoms with Gasteiger partial charge >= 0.3 is 24.4 Å². The van der Waals surface area contributed by atoms with Crippen molar-refractivity contribution in [1.29, 1.82) is 0 Å². The molecule has 11 atom stereocenters. The summed E-state index contributed by atoms with van der Waals surface area (Å²) < 4.78 is 41.1. The minimum atomic E-state index is -2.13. The maximum absolute atomic E-state index is 14.1. The molecule has 4 rings (SSSR count). The summed E-state index contributed by atoms with van der Waals surface area (Å²) in [4.78, 5) is 69.4. The van der Waals surface area contributed by atoms with Gasteiger partial charge in [-0.25, -0.2) is 19.2 Å². The largest absolute Gasteiger partial charge is 0.491 e. The number of nitrogens with zero attached hydrogens (tertiary/aromatic N) is 2. The number of aliphatic hydroxyl groups is 4. The summed E-state index contributed by atoms with van der Waals surface area (Å²) in [6.07, 6.45) is -9.55. The van der Waals surface area contributed by atoms with Crippen LogP contribution in [0, 0.1) is 5.92 Å². The molecule has 0 radical (unpaired) electrons. The first-order chi connectivity index (χ1) is 30.0. The van der Waals surface area contributed by atoms with Gasteiger partial charge in [0.15, 0.2) is 11.9 Å². The monoisotopic (exact) mass is 945 g/mol. The number of hydrogen-bond acceptors (Lipinski definition) is 17. The predicted molar refractivity (Wildman–Crippen MR) is 236 cm³/mol. The van der Waals surface area contributed by atoms with E-state index in [2.05, 4.69) is 21.3 Å². The third kappa shape index (κ3) is 14.4. The highest BCUT2D eigenvalue weighted by atomic mass is 16.7. The lowest BCUT2D eigenvalue weighted by molar-refractivity contribution is -0.306. The molecular formula is C44H76N6O16.